The summed E-state index contributed by atoms with van der Waals surface area (Å²) in [7, 11) is 0. The van der Waals surface area contributed by atoms with Gasteiger partial charge >= 0.3 is 0 Å². The van der Waals surface area contributed by atoms with E-state index in [9.17, 15) is 4.79 Å². The predicted octanol–water partition coefficient (Wildman–Crippen LogP) is 1.39. The van der Waals surface area contributed by atoms with E-state index in [1.165, 1.54) is 6.07 Å². The van der Waals surface area contributed by atoms with Gasteiger partial charge in [-0.1, -0.05) is 16.8 Å². The molecule has 2 heterocycles. The Balaban J connectivity index is 2.21. The van der Waals surface area contributed by atoms with Gasteiger partial charge in [0.25, 0.3) is 0 Å². The molecule has 1 aromatic heterocycles. The molecule has 0 spiro atoms. The van der Waals surface area contributed by atoms with Gasteiger partial charge < -0.3 is 19.7 Å². The van der Waals surface area contributed by atoms with Crippen molar-refractivity contribution in [2.45, 2.75) is 6.54 Å². The molecule has 0 radical (unpaired) electrons. The Labute approximate surface area is 112 Å². The summed E-state index contributed by atoms with van der Waals surface area (Å²) in [5.41, 5.74) is 6.13. The second kappa shape index (κ2) is 4.52. The lowest BCUT2D eigenvalue weighted by atomic mass is 10.1. The van der Waals surface area contributed by atoms with Crippen molar-refractivity contribution in [3.05, 3.63) is 22.5 Å². The van der Waals surface area contributed by atoms with Gasteiger partial charge in [-0.05, 0) is 6.07 Å². The first-order valence-electron chi connectivity index (χ1n) is 5.35. The summed E-state index contributed by atoms with van der Waals surface area (Å²) in [6, 6.07) is 1.47. The first-order chi connectivity index (χ1) is 9.24. The van der Waals surface area contributed by atoms with Crippen LogP contribution in [0.25, 0.3) is 11.4 Å². The van der Waals surface area contributed by atoms with Gasteiger partial charge in [0.1, 0.15) is 0 Å². The fraction of sp³-hybridized carbons (Fsp3) is 0.182. The van der Waals surface area contributed by atoms with Crippen molar-refractivity contribution in [3.63, 3.8) is 0 Å². The minimum atomic E-state index is 0.00507. The molecule has 2 N–H and O–H groups in total. The molecule has 0 aliphatic carbocycles. The largest absolute Gasteiger partial charge is 0.453 e. The fourth-order valence-electron chi connectivity index (χ4n) is 1.80. The lowest BCUT2D eigenvalue weighted by Crippen LogP contribution is -1.96. The van der Waals surface area contributed by atoms with E-state index in [1.54, 1.807) is 0 Å². The Bertz CT molecular complexity index is 656. The highest BCUT2D eigenvalue weighted by molar-refractivity contribution is 6.34. The van der Waals surface area contributed by atoms with Crippen LogP contribution in [0.4, 0.5) is 0 Å². The molecule has 1 aliphatic rings. The molecular formula is C11H8ClN3O4. The summed E-state index contributed by atoms with van der Waals surface area (Å²) in [5, 5.41) is 4.05. The van der Waals surface area contributed by atoms with E-state index < -0.39 is 0 Å². The van der Waals surface area contributed by atoms with Gasteiger partial charge in [0.2, 0.25) is 18.5 Å². The number of hydrogen-bond donors (Lipinski definition) is 1. The van der Waals surface area contributed by atoms with Crippen LogP contribution >= 0.6 is 11.6 Å². The zero-order valence-corrected chi connectivity index (χ0v) is 10.3. The van der Waals surface area contributed by atoms with Crippen LogP contribution in [0.2, 0.25) is 5.02 Å². The van der Waals surface area contributed by atoms with E-state index in [2.05, 4.69) is 10.1 Å². The quantitative estimate of drug-likeness (QED) is 0.848. The van der Waals surface area contributed by atoms with Crippen LogP contribution < -0.4 is 15.2 Å². The zero-order chi connectivity index (χ0) is 13.4. The molecule has 98 valence electrons. The van der Waals surface area contributed by atoms with Gasteiger partial charge in [-0.25, -0.2) is 0 Å². The molecule has 0 saturated heterocycles. The molecule has 1 aromatic carbocycles. The minimum Gasteiger partial charge on any atom is -0.453 e. The monoisotopic (exact) mass is 281 g/mol. The number of aldehydes is 1. The van der Waals surface area contributed by atoms with Gasteiger partial charge in [-0.3, -0.25) is 4.79 Å². The van der Waals surface area contributed by atoms with Gasteiger partial charge in [0.05, 0.1) is 22.7 Å². The Morgan fingerprint density at radius 2 is 2.21 bits per heavy atom. The number of nitrogens with two attached hydrogens (primary N) is 1. The SMILES string of the molecule is NCc1nc(-c2c(Cl)cc(C=O)c3c2OCO3)no1. The van der Waals surface area contributed by atoms with Gasteiger partial charge in [-0.15, -0.1) is 0 Å². The van der Waals surface area contributed by atoms with Crippen LogP contribution in [0.1, 0.15) is 16.2 Å². The number of carbonyl (C=O) groups is 1. The number of nitrogens with zero attached hydrogens (tertiary/aromatic N) is 2. The zero-order valence-electron chi connectivity index (χ0n) is 9.55. The normalized spacial score (nSPS) is 12.7. The Morgan fingerprint density at radius 3 is 2.89 bits per heavy atom. The summed E-state index contributed by atoms with van der Waals surface area (Å²) in [5.74, 6) is 1.18. The number of halogens is 1. The molecule has 8 heteroatoms. The topological polar surface area (TPSA) is 100 Å². The van der Waals surface area contributed by atoms with Crippen LogP contribution in [0, 0.1) is 0 Å². The Hall–Kier alpha value is -2.12. The average molecular weight is 282 g/mol. The highest BCUT2D eigenvalue weighted by Gasteiger charge is 2.28. The van der Waals surface area contributed by atoms with Gasteiger partial charge in [0, 0.05) is 0 Å². The number of fused-ring (bicyclic) bond motifs is 1. The Kier molecular flexibility index (Phi) is 2.84. The lowest BCUT2D eigenvalue weighted by Gasteiger charge is -2.06. The molecule has 0 fully saturated rings. The lowest BCUT2D eigenvalue weighted by molar-refractivity contribution is 0.111. The molecule has 7 nitrogen and oxygen atoms in total. The fourth-order valence-corrected chi connectivity index (χ4v) is 2.08. The number of aromatic nitrogens is 2. The molecule has 0 amide bonds. The first-order valence-corrected chi connectivity index (χ1v) is 5.72. The van der Waals surface area contributed by atoms with Crippen LogP contribution in [0.15, 0.2) is 10.6 Å². The second-order valence-electron chi connectivity index (χ2n) is 3.72. The highest BCUT2D eigenvalue weighted by atomic mass is 35.5. The van der Waals surface area contributed by atoms with E-state index in [1.807, 2.05) is 0 Å². The number of carbonyl (C=O) groups excluding carboxylic acids is 1. The number of benzene rings is 1. The van der Waals surface area contributed by atoms with Crippen molar-refractivity contribution in [1.29, 1.82) is 0 Å². The first kappa shape index (κ1) is 11.9. The second-order valence-corrected chi connectivity index (χ2v) is 4.13. The number of hydrogen-bond acceptors (Lipinski definition) is 7. The van der Waals surface area contributed by atoms with Crippen LogP contribution in [-0.2, 0) is 6.54 Å². The molecule has 0 bridgehead atoms. The minimum absolute atomic E-state index is 0.00507. The summed E-state index contributed by atoms with van der Waals surface area (Å²) < 4.78 is 15.5. The smallest absolute Gasteiger partial charge is 0.240 e. The van der Waals surface area contributed by atoms with Gasteiger partial charge in [0.15, 0.2) is 17.8 Å². The van der Waals surface area contributed by atoms with Crippen molar-refractivity contribution in [2.24, 2.45) is 5.73 Å². The summed E-state index contributed by atoms with van der Waals surface area (Å²) in [6.45, 7) is 0.127. The third-order valence-corrected chi connectivity index (χ3v) is 2.91. The van der Waals surface area contributed by atoms with Crippen molar-refractivity contribution >= 4 is 17.9 Å². The molecule has 19 heavy (non-hydrogen) atoms. The molecule has 0 atom stereocenters. The van der Waals surface area contributed by atoms with Crippen molar-refractivity contribution in [2.75, 3.05) is 6.79 Å². The third kappa shape index (κ3) is 1.83. The number of ether oxygens (including phenoxy) is 2. The molecule has 0 saturated carbocycles. The van der Waals surface area contributed by atoms with Crippen molar-refractivity contribution < 1.29 is 18.8 Å². The maximum absolute atomic E-state index is 11.0. The third-order valence-electron chi connectivity index (χ3n) is 2.62. The summed E-state index contributed by atoms with van der Waals surface area (Å²) in [6.07, 6.45) is 0.644. The summed E-state index contributed by atoms with van der Waals surface area (Å²) in [4.78, 5) is 15.0. The van der Waals surface area contributed by atoms with Crippen molar-refractivity contribution in [1.82, 2.24) is 10.1 Å². The van der Waals surface area contributed by atoms with Crippen molar-refractivity contribution in [3.8, 4) is 22.9 Å². The predicted molar refractivity (Wildman–Crippen MR) is 64.1 cm³/mol. The van der Waals surface area contributed by atoms with E-state index >= 15 is 0 Å². The molecule has 2 aromatic rings. The van der Waals surface area contributed by atoms with E-state index in [0.717, 1.165) is 0 Å². The standard InChI is InChI=1S/C11H8ClN3O4/c12-6-1-5(3-16)9-10(18-4-17-9)8(6)11-14-7(2-13)19-15-11/h1,3H,2,4,13H2. The maximum atomic E-state index is 11.0. The summed E-state index contributed by atoms with van der Waals surface area (Å²) >= 11 is 6.13. The maximum Gasteiger partial charge on any atom is 0.240 e. The Morgan fingerprint density at radius 1 is 1.42 bits per heavy atom. The van der Waals surface area contributed by atoms with E-state index in [0.29, 0.717) is 28.9 Å². The molecular weight excluding hydrogens is 274 g/mol. The van der Waals surface area contributed by atoms with Crippen LogP contribution in [0.3, 0.4) is 0 Å². The molecule has 1 aliphatic heterocycles. The van der Waals surface area contributed by atoms with E-state index in [-0.39, 0.29) is 30.1 Å². The molecule has 3 rings (SSSR count). The average Bonchev–Trinajstić information content (AvgIpc) is 3.06. The van der Waals surface area contributed by atoms with Gasteiger partial charge in [-0.2, -0.15) is 4.98 Å². The van der Waals surface area contributed by atoms with E-state index in [4.69, 9.17) is 31.3 Å². The van der Waals surface area contributed by atoms with Crippen LogP contribution in [-0.4, -0.2) is 23.2 Å². The van der Waals surface area contributed by atoms with Crippen LogP contribution in [0.5, 0.6) is 11.5 Å². The number of rotatable bonds is 3. The molecule has 0 unspecified atom stereocenters. The highest BCUT2D eigenvalue weighted by Crippen LogP contribution is 2.46.